The van der Waals surface area contributed by atoms with E-state index < -0.39 is 0 Å². The maximum atomic E-state index is 14.5. The molecule has 0 radical (unpaired) electrons. The number of piperidine rings is 1. The van der Waals surface area contributed by atoms with E-state index in [1.54, 1.807) is 13.1 Å². The van der Waals surface area contributed by atoms with E-state index in [1.807, 2.05) is 91.3 Å². The van der Waals surface area contributed by atoms with Crippen LogP contribution in [0.15, 0.2) is 97.5 Å². The first-order valence-electron chi connectivity index (χ1n) is 16.2. The van der Waals surface area contributed by atoms with E-state index in [9.17, 15) is 9.59 Å². The fraction of sp³-hybridized carbons (Fsp3) is 0.211. The molecule has 3 aromatic carbocycles. The number of H-pyrrole nitrogens is 1. The lowest BCUT2D eigenvalue weighted by Crippen LogP contribution is -2.44. The first-order valence-corrected chi connectivity index (χ1v) is 17.0. The second-order valence-corrected chi connectivity index (χ2v) is 13.2. The summed E-state index contributed by atoms with van der Waals surface area (Å²) >= 11 is 12.7. The molecule has 4 heterocycles. The lowest BCUT2D eigenvalue weighted by molar-refractivity contribution is -0.119. The molecular formula is C38H35Cl2N7O2. The summed E-state index contributed by atoms with van der Waals surface area (Å²) in [5.41, 5.74) is 5.91. The van der Waals surface area contributed by atoms with Crippen molar-refractivity contribution in [3.05, 3.63) is 119 Å². The van der Waals surface area contributed by atoms with Crippen LogP contribution in [-0.2, 0) is 4.79 Å². The van der Waals surface area contributed by atoms with Gasteiger partial charge < -0.3 is 25.1 Å². The van der Waals surface area contributed by atoms with Crippen LogP contribution in [0.3, 0.4) is 0 Å². The van der Waals surface area contributed by atoms with Crippen LogP contribution in [0.2, 0.25) is 10.0 Å². The Morgan fingerprint density at radius 3 is 2.39 bits per heavy atom. The number of aromatic nitrogens is 4. The maximum absolute atomic E-state index is 14.5. The fourth-order valence-corrected chi connectivity index (χ4v) is 6.95. The molecule has 3 aromatic heterocycles. The van der Waals surface area contributed by atoms with Crippen LogP contribution in [0.25, 0.3) is 33.4 Å². The van der Waals surface area contributed by atoms with Gasteiger partial charge >= 0.3 is 0 Å². The molecular weight excluding hydrogens is 657 g/mol. The summed E-state index contributed by atoms with van der Waals surface area (Å²) in [5, 5.41) is 8.23. The molecule has 1 fully saturated rings. The van der Waals surface area contributed by atoms with Crippen molar-refractivity contribution in [2.45, 2.75) is 38.8 Å². The number of fused-ring (bicyclic) bond motifs is 1. The Bertz CT molecular complexity index is 2140. The minimum Gasteiger partial charge on any atom is -0.355 e. The van der Waals surface area contributed by atoms with Gasteiger partial charge in [-0.3, -0.25) is 9.59 Å². The molecule has 11 heteroatoms. The molecule has 1 aliphatic rings. The monoisotopic (exact) mass is 691 g/mol. The highest BCUT2D eigenvalue weighted by Gasteiger charge is 2.29. The van der Waals surface area contributed by atoms with Crippen molar-refractivity contribution in [1.82, 2.24) is 24.8 Å². The van der Waals surface area contributed by atoms with Gasteiger partial charge in [0.2, 0.25) is 5.91 Å². The first-order chi connectivity index (χ1) is 23.8. The number of halogens is 2. The Hall–Kier alpha value is -5.12. The maximum Gasteiger partial charge on any atom is 0.272 e. The van der Waals surface area contributed by atoms with Gasteiger partial charge in [-0.1, -0.05) is 71.7 Å². The predicted molar refractivity (Wildman–Crippen MR) is 196 cm³/mol. The van der Waals surface area contributed by atoms with Crippen LogP contribution in [0.5, 0.6) is 0 Å². The zero-order valence-corrected chi connectivity index (χ0v) is 28.6. The zero-order valence-electron chi connectivity index (χ0n) is 27.1. The minimum absolute atomic E-state index is 0.0287. The summed E-state index contributed by atoms with van der Waals surface area (Å²) in [6.07, 6.45) is 5.13. The summed E-state index contributed by atoms with van der Waals surface area (Å²) < 4.78 is 2.11. The van der Waals surface area contributed by atoms with E-state index in [2.05, 4.69) is 37.0 Å². The van der Waals surface area contributed by atoms with Gasteiger partial charge in [-0.2, -0.15) is 0 Å². The summed E-state index contributed by atoms with van der Waals surface area (Å²) in [6, 6.07) is 27.0. The minimum atomic E-state index is -0.324. The van der Waals surface area contributed by atoms with E-state index in [-0.39, 0.29) is 23.9 Å². The second kappa shape index (κ2) is 13.8. The number of hydrogen-bond acceptors (Lipinski definition) is 5. The number of anilines is 2. The number of aromatic amines is 1. The number of rotatable bonds is 8. The summed E-state index contributed by atoms with van der Waals surface area (Å²) in [6.45, 7) is 5.04. The molecule has 248 valence electrons. The van der Waals surface area contributed by atoms with Crippen molar-refractivity contribution in [2.75, 3.05) is 23.3 Å². The molecule has 1 unspecified atom stereocenters. The van der Waals surface area contributed by atoms with Crippen LogP contribution in [0.4, 0.5) is 11.5 Å². The molecule has 0 bridgehead atoms. The van der Waals surface area contributed by atoms with Gasteiger partial charge in [0, 0.05) is 64.3 Å². The Balaban J connectivity index is 1.33. The number of pyridine rings is 1. The van der Waals surface area contributed by atoms with Gasteiger partial charge in [-0.05, 0) is 61.7 Å². The third-order valence-electron chi connectivity index (χ3n) is 9.07. The van der Waals surface area contributed by atoms with Gasteiger partial charge in [0.25, 0.3) is 5.91 Å². The van der Waals surface area contributed by atoms with Crippen LogP contribution in [0, 0.1) is 0 Å². The molecule has 1 atom stereocenters. The summed E-state index contributed by atoms with van der Waals surface area (Å²) in [5.74, 6) is 0.332. The highest BCUT2D eigenvalue weighted by molar-refractivity contribution is 6.31. The van der Waals surface area contributed by atoms with Crippen LogP contribution < -0.4 is 15.5 Å². The van der Waals surface area contributed by atoms with Gasteiger partial charge in [-0.15, -0.1) is 0 Å². The molecule has 3 N–H and O–H groups in total. The Morgan fingerprint density at radius 2 is 1.65 bits per heavy atom. The van der Waals surface area contributed by atoms with Crippen LogP contribution in [0.1, 0.15) is 48.8 Å². The zero-order chi connectivity index (χ0) is 34.1. The standard InChI is InChI=1S/C38H35Cl2N7O2/c1-23(25-10-12-27(39)13-11-25)47-22-42-34(26-7-4-3-5-8-26)36(47)33-30-15-14-28(40)21-32(30)44-35(33)38(49)45-31-9-6-18-41-37(31)46-19-16-29(17-20-46)43-24(2)48/h3-15,18,21-23,29,44H,16-17,19-20H2,1-2H3,(H,43,48)(H,45,49). The molecule has 0 saturated carbocycles. The number of amides is 2. The molecule has 1 aliphatic heterocycles. The number of benzene rings is 3. The quantitative estimate of drug-likeness (QED) is 0.149. The van der Waals surface area contributed by atoms with Crippen molar-refractivity contribution in [3.8, 4) is 22.5 Å². The van der Waals surface area contributed by atoms with E-state index >= 15 is 0 Å². The molecule has 0 spiro atoms. The van der Waals surface area contributed by atoms with Crippen LogP contribution >= 0.6 is 23.2 Å². The highest BCUT2D eigenvalue weighted by atomic mass is 35.5. The van der Waals surface area contributed by atoms with Gasteiger partial charge in [0.05, 0.1) is 29.4 Å². The topological polar surface area (TPSA) is 108 Å². The molecule has 9 nitrogen and oxygen atoms in total. The number of imidazole rings is 1. The molecule has 0 aliphatic carbocycles. The van der Waals surface area contributed by atoms with E-state index in [0.29, 0.717) is 45.9 Å². The molecule has 2 amide bonds. The van der Waals surface area contributed by atoms with Gasteiger partial charge in [0.15, 0.2) is 5.82 Å². The van der Waals surface area contributed by atoms with Gasteiger partial charge in [-0.25, -0.2) is 9.97 Å². The van der Waals surface area contributed by atoms with Crippen molar-refractivity contribution in [1.29, 1.82) is 0 Å². The molecule has 7 rings (SSSR count). The smallest absolute Gasteiger partial charge is 0.272 e. The number of carbonyl (C=O) groups is 2. The normalized spacial score (nSPS) is 14.2. The van der Waals surface area contributed by atoms with Crippen molar-refractivity contribution in [2.24, 2.45) is 0 Å². The SMILES string of the molecule is CC(=O)NC1CCN(c2ncccc2NC(=O)c2[nH]c3cc(Cl)ccc3c2-c2c(-c3ccccc3)ncn2C(C)c2ccc(Cl)cc2)CC1. The summed E-state index contributed by atoms with van der Waals surface area (Å²) in [7, 11) is 0. The number of hydrogen-bond donors (Lipinski definition) is 3. The van der Waals surface area contributed by atoms with Crippen molar-refractivity contribution < 1.29 is 9.59 Å². The van der Waals surface area contributed by atoms with E-state index in [4.69, 9.17) is 28.2 Å². The molecule has 49 heavy (non-hydrogen) atoms. The lowest BCUT2D eigenvalue weighted by Gasteiger charge is -2.33. The predicted octanol–water partition coefficient (Wildman–Crippen LogP) is 8.37. The van der Waals surface area contributed by atoms with Gasteiger partial charge in [0.1, 0.15) is 5.69 Å². The Labute approximate surface area is 294 Å². The number of carbonyl (C=O) groups excluding carboxylic acids is 2. The number of nitrogens with one attached hydrogen (secondary N) is 3. The Morgan fingerprint density at radius 1 is 0.918 bits per heavy atom. The largest absolute Gasteiger partial charge is 0.355 e. The number of nitrogens with zero attached hydrogens (tertiary/aromatic N) is 4. The van der Waals surface area contributed by atoms with Crippen LogP contribution in [-0.4, -0.2) is 50.5 Å². The molecule has 1 saturated heterocycles. The van der Waals surface area contributed by atoms with E-state index in [0.717, 1.165) is 46.3 Å². The first kappa shape index (κ1) is 32.4. The average Bonchev–Trinajstić information content (AvgIpc) is 3.70. The van der Waals surface area contributed by atoms with Crippen molar-refractivity contribution in [3.63, 3.8) is 0 Å². The van der Waals surface area contributed by atoms with Crippen molar-refractivity contribution >= 4 is 57.4 Å². The Kier molecular flexibility index (Phi) is 9.12. The second-order valence-electron chi connectivity index (χ2n) is 12.3. The summed E-state index contributed by atoms with van der Waals surface area (Å²) in [4.78, 5) is 41.3. The third-order valence-corrected chi connectivity index (χ3v) is 9.56. The average molecular weight is 693 g/mol. The lowest BCUT2D eigenvalue weighted by atomic mass is 9.99. The fourth-order valence-electron chi connectivity index (χ4n) is 6.65. The molecule has 6 aromatic rings. The highest BCUT2D eigenvalue weighted by Crippen LogP contribution is 2.41. The van der Waals surface area contributed by atoms with E-state index in [1.165, 1.54) is 0 Å². The third kappa shape index (κ3) is 6.64.